The van der Waals surface area contributed by atoms with E-state index in [2.05, 4.69) is 25.7 Å². The molecule has 334 valence electrons. The van der Waals surface area contributed by atoms with Gasteiger partial charge in [-0.3, -0.25) is 34.0 Å². The molecule has 21 heteroatoms. The Morgan fingerprint density at radius 3 is 2.21 bits per heavy atom. The summed E-state index contributed by atoms with van der Waals surface area (Å²) in [6, 6.07) is 8.09. The molecule has 63 heavy (non-hydrogen) atoms. The number of carbonyl (C=O) groups excluding carboxylic acids is 3. The lowest BCUT2D eigenvalue weighted by Crippen LogP contribution is -2.37. The lowest BCUT2D eigenvalue weighted by Gasteiger charge is -2.26. The van der Waals surface area contributed by atoms with Crippen LogP contribution in [0.5, 0.6) is 5.75 Å². The summed E-state index contributed by atoms with van der Waals surface area (Å²) in [5.74, 6) is -1.64. The van der Waals surface area contributed by atoms with E-state index in [1.807, 2.05) is 36.8 Å². The Hall–Kier alpha value is -6.29. The van der Waals surface area contributed by atoms with Crippen molar-refractivity contribution < 1.29 is 33.4 Å². The van der Waals surface area contributed by atoms with Gasteiger partial charge in [0.15, 0.2) is 12.0 Å². The topological polar surface area (TPSA) is 241 Å². The highest BCUT2D eigenvalue weighted by molar-refractivity contribution is 7.98. The number of morpholine rings is 1. The smallest absolute Gasteiger partial charge is 0.276 e. The van der Waals surface area contributed by atoms with Crippen molar-refractivity contribution >= 4 is 63.4 Å². The minimum absolute atomic E-state index is 0.0654. The molecule has 3 amide bonds. The summed E-state index contributed by atoms with van der Waals surface area (Å²) in [6.07, 6.45) is 4.72. The van der Waals surface area contributed by atoms with Crippen LogP contribution in [0.1, 0.15) is 74.8 Å². The number of nitrogens with two attached hydrogens (primary N) is 2. The molecule has 1 aliphatic rings. The molecule has 4 aromatic heterocycles. The van der Waals surface area contributed by atoms with Gasteiger partial charge in [-0.15, -0.1) is 11.8 Å². The molecule has 6 aromatic rings. The van der Waals surface area contributed by atoms with Crippen LogP contribution >= 0.6 is 11.8 Å². The lowest BCUT2D eigenvalue weighted by atomic mass is 10.1. The molecule has 7 N–H and O–H groups in total. The molecule has 19 nitrogen and oxygen atoms in total. The van der Waals surface area contributed by atoms with Gasteiger partial charge in [0, 0.05) is 61.8 Å². The van der Waals surface area contributed by atoms with Crippen LogP contribution in [0.25, 0.3) is 22.1 Å². The largest absolute Gasteiger partial charge is 0.491 e. The Labute approximate surface area is 366 Å². The fourth-order valence-corrected chi connectivity index (χ4v) is 8.28. The first kappa shape index (κ1) is 44.8. The number of imidazole rings is 2. The van der Waals surface area contributed by atoms with Crippen LogP contribution in [0.2, 0.25) is 0 Å². The fraction of sp³-hybridized carbons (Fsp3) is 0.405. The van der Waals surface area contributed by atoms with Gasteiger partial charge in [-0.1, -0.05) is 12.2 Å². The number of benzene rings is 2. The van der Waals surface area contributed by atoms with Crippen LogP contribution in [0.15, 0.2) is 47.4 Å². The number of aryl methyl sites for hydroxylation is 4. The zero-order valence-corrected chi connectivity index (χ0v) is 36.7. The number of halogens is 1. The number of aliphatic hydroxyl groups excluding tert-OH is 1. The van der Waals surface area contributed by atoms with E-state index in [9.17, 15) is 19.5 Å². The maximum Gasteiger partial charge on any atom is 0.276 e. The summed E-state index contributed by atoms with van der Waals surface area (Å²) >= 11 is 1.40. The monoisotopic (exact) mass is 885 g/mol. The van der Waals surface area contributed by atoms with E-state index in [0.717, 1.165) is 19.6 Å². The van der Waals surface area contributed by atoms with Crippen molar-refractivity contribution in [2.45, 2.75) is 71.4 Å². The van der Waals surface area contributed by atoms with E-state index in [1.54, 1.807) is 46.5 Å². The number of allylic oxidation sites excluding steroid dienone is 2. The third kappa shape index (κ3) is 9.55. The molecule has 1 atom stereocenters. The normalized spacial score (nSPS) is 14.0. The van der Waals surface area contributed by atoms with Gasteiger partial charge in [0.2, 0.25) is 23.7 Å². The average Bonchev–Trinajstić information content (AvgIpc) is 4.01. The highest BCUT2D eigenvalue weighted by atomic mass is 32.2. The highest BCUT2D eigenvalue weighted by Gasteiger charge is 2.26. The number of nitrogens with zero attached hydrogens (tertiary/aromatic N) is 9. The Bertz CT molecular complexity index is 2700. The van der Waals surface area contributed by atoms with Crippen molar-refractivity contribution in [2.75, 3.05) is 56.3 Å². The predicted octanol–water partition coefficient (Wildman–Crippen LogP) is 4.21. The van der Waals surface area contributed by atoms with Gasteiger partial charge in [0.25, 0.3) is 5.91 Å². The van der Waals surface area contributed by atoms with E-state index in [-0.39, 0.29) is 47.5 Å². The van der Waals surface area contributed by atoms with Crippen LogP contribution in [0, 0.1) is 19.7 Å². The van der Waals surface area contributed by atoms with Crippen molar-refractivity contribution in [1.29, 1.82) is 0 Å². The number of ether oxygens (including phenoxy) is 2. The Morgan fingerprint density at radius 2 is 1.56 bits per heavy atom. The lowest BCUT2D eigenvalue weighted by molar-refractivity contribution is 0.0358. The van der Waals surface area contributed by atoms with Crippen LogP contribution in [0.3, 0.4) is 0 Å². The number of primary amides is 2. The van der Waals surface area contributed by atoms with Gasteiger partial charge in [0.05, 0.1) is 47.8 Å². The molecule has 1 fully saturated rings. The summed E-state index contributed by atoms with van der Waals surface area (Å²) in [7, 11) is 0. The first-order valence-electron chi connectivity index (χ1n) is 20.6. The molecule has 0 saturated carbocycles. The second-order valence-electron chi connectivity index (χ2n) is 14.9. The van der Waals surface area contributed by atoms with Gasteiger partial charge in [-0.05, 0) is 70.7 Å². The third-order valence-electron chi connectivity index (χ3n) is 10.7. The van der Waals surface area contributed by atoms with Gasteiger partial charge < -0.3 is 40.5 Å². The van der Waals surface area contributed by atoms with Crippen molar-refractivity contribution in [2.24, 2.45) is 11.5 Å². The number of carbonyl (C=O) groups is 3. The number of aliphatic hydroxyl groups is 1. The van der Waals surface area contributed by atoms with Crippen molar-refractivity contribution in [3.05, 3.63) is 82.2 Å². The predicted molar refractivity (Wildman–Crippen MR) is 237 cm³/mol. The quantitative estimate of drug-likeness (QED) is 0.0332. The number of nitrogens with one attached hydrogen (secondary N) is 2. The maximum atomic E-state index is 15.4. The van der Waals surface area contributed by atoms with Crippen LogP contribution in [-0.2, 0) is 30.9 Å². The van der Waals surface area contributed by atoms with Gasteiger partial charge in [-0.2, -0.15) is 10.2 Å². The molecule has 7 rings (SSSR count). The Morgan fingerprint density at radius 1 is 0.921 bits per heavy atom. The van der Waals surface area contributed by atoms with Crippen molar-refractivity contribution in [3.63, 3.8) is 0 Å². The number of hydrogen-bond donors (Lipinski definition) is 5. The summed E-state index contributed by atoms with van der Waals surface area (Å²) in [5.41, 5.74) is 15.0. The zero-order valence-electron chi connectivity index (χ0n) is 35.9. The molecule has 1 unspecified atom stereocenters. The van der Waals surface area contributed by atoms with Gasteiger partial charge in [-0.25, -0.2) is 14.4 Å². The number of anilines is 2. The number of aromatic nitrogens is 8. The zero-order chi connectivity index (χ0) is 44.9. The van der Waals surface area contributed by atoms with E-state index < -0.39 is 29.8 Å². The summed E-state index contributed by atoms with van der Waals surface area (Å²) in [4.78, 5) is 51.1. The molecular formula is C42H52FN13O6S. The van der Waals surface area contributed by atoms with Gasteiger partial charge >= 0.3 is 0 Å². The summed E-state index contributed by atoms with van der Waals surface area (Å²) in [5, 5.41) is 26.0. The molecular weight excluding hydrogens is 834 g/mol. The van der Waals surface area contributed by atoms with E-state index in [4.69, 9.17) is 30.9 Å². The van der Waals surface area contributed by atoms with Crippen LogP contribution < -0.4 is 26.8 Å². The molecule has 0 spiro atoms. The van der Waals surface area contributed by atoms with Crippen molar-refractivity contribution in [3.8, 4) is 5.75 Å². The standard InChI is InChI=1S/C42H52FN13O6S/c1-6-55-30(19-24(3)50-55)39(59)48-41-47-29-21-27(38(45)58)23-32(63-5)35(29)54(41)13-9-8-12-53-34-28(46-42(53)49-40(60)36-33(43)25(4)51-56(36)7-2)20-26(37(44)57)22-31(34)62-16-10-11-52-14-17-61-18-15-52/h8-9,19-23,40,60H,6-7,10-18H2,1-5H3,(H2,44,57)(H2,45,58)(H,46,49)(H,47,48,59)/b9-8+. The molecule has 2 aromatic carbocycles. The first-order chi connectivity index (χ1) is 30.3. The SMILES string of the molecule is CCn1nc(C)cc1C(=O)Nc1nc2cc(C(N)=O)cc(SC)c2n1C/C=C/Cn1c(NC(O)c2c(F)c(C)nn2CC)nc2cc(C(N)=O)cc(OCCCN3CCOCC3)c21. The average molecular weight is 886 g/mol. The maximum absolute atomic E-state index is 15.4. The van der Waals surface area contributed by atoms with Gasteiger partial charge in [0.1, 0.15) is 22.7 Å². The molecule has 0 radical (unpaired) electrons. The third-order valence-corrected chi connectivity index (χ3v) is 11.5. The second-order valence-corrected chi connectivity index (χ2v) is 15.8. The molecule has 1 saturated heterocycles. The Kier molecular flexibility index (Phi) is 13.8. The minimum atomic E-state index is -1.56. The molecule has 0 bridgehead atoms. The van der Waals surface area contributed by atoms with E-state index >= 15 is 4.39 Å². The summed E-state index contributed by atoms with van der Waals surface area (Å²) in [6.45, 7) is 12.2. The highest BCUT2D eigenvalue weighted by Crippen LogP contribution is 2.34. The fourth-order valence-electron chi connectivity index (χ4n) is 7.63. The first-order valence-corrected chi connectivity index (χ1v) is 21.9. The number of hydrogen-bond acceptors (Lipinski definition) is 13. The number of thioether (sulfide) groups is 1. The van der Waals surface area contributed by atoms with E-state index in [1.165, 1.54) is 23.4 Å². The summed E-state index contributed by atoms with van der Waals surface area (Å²) < 4.78 is 33.8. The molecule has 0 aliphatic carbocycles. The molecule has 5 heterocycles. The van der Waals surface area contributed by atoms with Crippen LogP contribution in [0.4, 0.5) is 16.3 Å². The second kappa shape index (κ2) is 19.4. The van der Waals surface area contributed by atoms with Crippen molar-refractivity contribution in [1.82, 2.24) is 43.6 Å². The minimum Gasteiger partial charge on any atom is -0.491 e. The number of amides is 3. The van der Waals surface area contributed by atoms with E-state index in [0.29, 0.717) is 83.4 Å². The Balaban J connectivity index is 1.26. The van der Waals surface area contributed by atoms with Crippen LogP contribution in [-0.4, -0.2) is 112 Å². The number of rotatable bonds is 19. The number of fused-ring (bicyclic) bond motifs is 2. The molecule has 1 aliphatic heterocycles.